The zero-order chi connectivity index (χ0) is 12.3. The number of carbonyl (C=O) groups is 1. The molecular weight excluding hydrogens is 200 g/mol. The summed E-state index contributed by atoms with van der Waals surface area (Å²) in [6, 6.07) is 0. The van der Waals surface area contributed by atoms with Crippen LogP contribution in [0.1, 0.15) is 41.0 Å². The van der Waals surface area contributed by atoms with Crippen molar-refractivity contribution in [1.82, 2.24) is 0 Å². The number of Topliss-reactive ketones (excluding diaryl/α,β-unsaturated/α-hetero) is 1. The van der Waals surface area contributed by atoms with Gasteiger partial charge in [0.1, 0.15) is 13.9 Å². The van der Waals surface area contributed by atoms with Crippen molar-refractivity contribution < 1.29 is 4.79 Å². The van der Waals surface area contributed by atoms with Gasteiger partial charge in [-0.2, -0.15) is 0 Å². The molecule has 0 N–H and O–H groups in total. The number of hydrogen-bond acceptors (Lipinski definition) is 1. The lowest BCUT2D eigenvalue weighted by atomic mass is 10.1. The summed E-state index contributed by atoms with van der Waals surface area (Å²) in [7, 11) is -1.49. The van der Waals surface area contributed by atoms with Crippen molar-refractivity contribution >= 4 is 13.9 Å². The number of hydrogen-bond donors (Lipinski definition) is 0. The fourth-order valence-electron chi connectivity index (χ4n) is 0.973. The van der Waals surface area contributed by atoms with Gasteiger partial charge < -0.3 is 0 Å². The van der Waals surface area contributed by atoms with Crippen molar-refractivity contribution in [1.29, 1.82) is 0 Å². The summed E-state index contributed by atoms with van der Waals surface area (Å²) >= 11 is 0. The Hall–Kier alpha value is -0.553. The first-order valence-electron chi connectivity index (χ1n) is 5.58. The van der Waals surface area contributed by atoms with Crippen molar-refractivity contribution in [2.45, 2.75) is 59.2 Å². The minimum Gasteiger partial charge on any atom is -0.300 e. The predicted octanol–water partition coefficient (Wildman–Crippen LogP) is 3.65. The molecule has 0 aliphatic carbocycles. The Morgan fingerprint density at radius 2 is 1.80 bits per heavy atom. The molecule has 1 nitrogen and oxygen atoms in total. The highest BCUT2D eigenvalue weighted by Gasteiger charge is 2.33. The summed E-state index contributed by atoms with van der Waals surface area (Å²) in [6.45, 7) is 15.0. The Kier molecular flexibility index (Phi) is 4.80. The van der Waals surface area contributed by atoms with Crippen molar-refractivity contribution in [2.24, 2.45) is 5.92 Å². The summed E-state index contributed by atoms with van der Waals surface area (Å²) < 4.78 is 0. The standard InChI is InChI=1S/C13H24OSi/c1-11(10-12(2)14)8-9-15(6,7)13(3,4)5/h11H,10H2,1-7H3/t11-/m1/s1. The number of ketones is 1. The Morgan fingerprint density at radius 1 is 1.33 bits per heavy atom. The highest BCUT2D eigenvalue weighted by atomic mass is 28.3. The Balaban J connectivity index is 4.59. The maximum Gasteiger partial charge on any atom is 0.137 e. The summed E-state index contributed by atoms with van der Waals surface area (Å²) in [4.78, 5) is 10.9. The van der Waals surface area contributed by atoms with Crippen LogP contribution in [0.15, 0.2) is 0 Å². The Labute approximate surface area is 95.7 Å². The molecule has 0 heterocycles. The van der Waals surface area contributed by atoms with E-state index in [9.17, 15) is 4.79 Å². The van der Waals surface area contributed by atoms with Crippen LogP contribution in [0.4, 0.5) is 0 Å². The first kappa shape index (κ1) is 14.4. The van der Waals surface area contributed by atoms with E-state index < -0.39 is 8.07 Å². The van der Waals surface area contributed by atoms with Gasteiger partial charge in [-0.15, -0.1) is 11.5 Å². The van der Waals surface area contributed by atoms with Crippen molar-refractivity contribution in [3.05, 3.63) is 0 Å². The predicted molar refractivity (Wildman–Crippen MR) is 69.4 cm³/mol. The van der Waals surface area contributed by atoms with Gasteiger partial charge in [-0.1, -0.05) is 40.8 Å². The lowest BCUT2D eigenvalue weighted by molar-refractivity contribution is -0.117. The van der Waals surface area contributed by atoms with Gasteiger partial charge >= 0.3 is 0 Å². The molecule has 0 aromatic carbocycles. The summed E-state index contributed by atoms with van der Waals surface area (Å²) in [5.74, 6) is 3.69. The normalized spacial score (nSPS) is 14.1. The van der Waals surface area contributed by atoms with E-state index in [4.69, 9.17) is 0 Å². The Bertz CT molecular complexity index is 286. The Morgan fingerprint density at radius 3 is 2.13 bits per heavy atom. The van der Waals surface area contributed by atoms with Crippen LogP contribution in [-0.2, 0) is 4.79 Å². The van der Waals surface area contributed by atoms with Gasteiger partial charge in [0.05, 0.1) is 0 Å². The molecule has 0 unspecified atom stereocenters. The van der Waals surface area contributed by atoms with Gasteiger partial charge in [-0.3, -0.25) is 4.79 Å². The molecule has 15 heavy (non-hydrogen) atoms. The van der Waals surface area contributed by atoms with Gasteiger partial charge in [-0.05, 0) is 12.0 Å². The van der Waals surface area contributed by atoms with Crippen LogP contribution < -0.4 is 0 Å². The minimum atomic E-state index is -1.49. The van der Waals surface area contributed by atoms with Crippen LogP contribution in [0, 0.1) is 17.4 Å². The lowest BCUT2D eigenvalue weighted by Crippen LogP contribution is -2.35. The maximum atomic E-state index is 10.9. The summed E-state index contributed by atoms with van der Waals surface area (Å²) in [6.07, 6.45) is 0.585. The quantitative estimate of drug-likeness (QED) is 0.517. The molecular formula is C13H24OSi. The number of carbonyl (C=O) groups excluding carboxylic acids is 1. The highest BCUT2D eigenvalue weighted by molar-refractivity contribution is 6.87. The molecule has 0 saturated carbocycles. The smallest absolute Gasteiger partial charge is 0.137 e. The topological polar surface area (TPSA) is 17.1 Å². The van der Waals surface area contributed by atoms with E-state index in [1.807, 2.05) is 6.92 Å². The fourth-order valence-corrected chi connectivity index (χ4v) is 1.96. The third kappa shape index (κ3) is 5.18. The molecule has 0 amide bonds. The van der Waals surface area contributed by atoms with Gasteiger partial charge in [-0.25, -0.2) is 0 Å². The molecule has 0 aliphatic rings. The molecule has 0 saturated heterocycles. The molecule has 86 valence electrons. The van der Waals surface area contributed by atoms with Gasteiger partial charge in [0, 0.05) is 12.3 Å². The molecule has 0 radical (unpaired) electrons. The highest BCUT2D eigenvalue weighted by Crippen LogP contribution is 2.35. The van der Waals surface area contributed by atoms with Crippen LogP contribution in [0.5, 0.6) is 0 Å². The monoisotopic (exact) mass is 224 g/mol. The summed E-state index contributed by atoms with van der Waals surface area (Å²) in [5.41, 5.74) is 3.44. The van der Waals surface area contributed by atoms with Gasteiger partial charge in [0.15, 0.2) is 0 Å². The van der Waals surface area contributed by atoms with Crippen LogP contribution >= 0.6 is 0 Å². The van der Waals surface area contributed by atoms with Gasteiger partial charge in [0.2, 0.25) is 0 Å². The molecule has 2 heteroatoms. The molecule has 0 spiro atoms. The molecule has 0 aromatic heterocycles. The molecule has 0 aromatic rings. The van der Waals surface area contributed by atoms with Crippen LogP contribution in [-0.4, -0.2) is 13.9 Å². The molecule has 0 fully saturated rings. The van der Waals surface area contributed by atoms with E-state index in [0.29, 0.717) is 11.5 Å². The van der Waals surface area contributed by atoms with Crippen LogP contribution in [0.2, 0.25) is 18.1 Å². The van der Waals surface area contributed by atoms with Crippen molar-refractivity contribution in [3.63, 3.8) is 0 Å². The first-order chi connectivity index (χ1) is 6.56. The largest absolute Gasteiger partial charge is 0.300 e. The van der Waals surface area contributed by atoms with Crippen molar-refractivity contribution in [2.75, 3.05) is 0 Å². The molecule has 0 bridgehead atoms. The molecule has 0 rings (SSSR count). The lowest BCUT2D eigenvalue weighted by Gasteiger charge is -2.31. The maximum absolute atomic E-state index is 10.9. The second-order valence-electron chi connectivity index (χ2n) is 5.95. The second-order valence-corrected chi connectivity index (χ2v) is 11.0. The second kappa shape index (κ2) is 4.98. The molecule has 1 atom stereocenters. The summed E-state index contributed by atoms with van der Waals surface area (Å²) in [5, 5.41) is 0.302. The van der Waals surface area contributed by atoms with Crippen molar-refractivity contribution in [3.8, 4) is 11.5 Å². The zero-order valence-electron chi connectivity index (χ0n) is 11.2. The van der Waals surface area contributed by atoms with Crippen LogP contribution in [0.25, 0.3) is 0 Å². The third-order valence-corrected chi connectivity index (χ3v) is 7.62. The first-order valence-corrected chi connectivity index (χ1v) is 8.58. The van der Waals surface area contributed by atoms with Gasteiger partial charge in [0.25, 0.3) is 0 Å². The van der Waals surface area contributed by atoms with E-state index in [-0.39, 0.29) is 11.7 Å². The third-order valence-electron chi connectivity index (χ3n) is 3.10. The average molecular weight is 224 g/mol. The van der Waals surface area contributed by atoms with E-state index in [1.165, 1.54) is 0 Å². The zero-order valence-corrected chi connectivity index (χ0v) is 12.2. The minimum absolute atomic E-state index is 0.205. The van der Waals surface area contributed by atoms with E-state index in [1.54, 1.807) is 6.92 Å². The fraction of sp³-hybridized carbons (Fsp3) is 0.769. The average Bonchev–Trinajstić information content (AvgIpc) is 1.97. The van der Waals surface area contributed by atoms with Crippen LogP contribution in [0.3, 0.4) is 0 Å². The molecule has 0 aliphatic heterocycles. The number of rotatable bonds is 2. The van der Waals surface area contributed by atoms with E-state index in [0.717, 1.165) is 0 Å². The SMILES string of the molecule is CC(=O)C[C@H](C)C#C[Si](C)(C)C(C)(C)C. The van der Waals surface area contributed by atoms with E-state index in [2.05, 4.69) is 45.3 Å². The van der Waals surface area contributed by atoms with E-state index >= 15 is 0 Å².